The van der Waals surface area contributed by atoms with Gasteiger partial charge in [-0.2, -0.15) is 0 Å². The van der Waals surface area contributed by atoms with Crippen LogP contribution in [0.2, 0.25) is 0 Å². The average Bonchev–Trinajstić information content (AvgIpc) is 2.80. The largest absolute Gasteiger partial charge is 0.452 e. The van der Waals surface area contributed by atoms with Gasteiger partial charge in [0.05, 0.1) is 16.1 Å². The zero-order chi connectivity index (χ0) is 22.4. The van der Waals surface area contributed by atoms with E-state index < -0.39 is 16.0 Å². The number of carbonyl (C=O) groups excluding carboxylic acids is 2. The van der Waals surface area contributed by atoms with Crippen molar-refractivity contribution in [2.24, 2.45) is 0 Å². The van der Waals surface area contributed by atoms with Crippen LogP contribution in [-0.2, 0) is 26.0 Å². The molecule has 1 aliphatic rings. The Kier molecular flexibility index (Phi) is 7.33. The Bertz CT molecular complexity index is 1030. The first-order valence-corrected chi connectivity index (χ1v) is 12.0. The lowest BCUT2D eigenvalue weighted by Gasteiger charge is -2.30. The summed E-state index contributed by atoms with van der Waals surface area (Å²) in [7, 11) is -3.75. The monoisotopic (exact) mass is 444 g/mol. The van der Waals surface area contributed by atoms with E-state index in [1.165, 1.54) is 28.6 Å². The Morgan fingerprint density at radius 3 is 2.42 bits per heavy atom. The van der Waals surface area contributed by atoms with Crippen molar-refractivity contribution in [1.29, 1.82) is 0 Å². The summed E-state index contributed by atoms with van der Waals surface area (Å²) in [5.41, 5.74) is 1.89. The zero-order valence-corrected chi connectivity index (χ0v) is 18.7. The van der Waals surface area contributed by atoms with Gasteiger partial charge in [-0.1, -0.05) is 32.0 Å². The molecule has 1 amide bonds. The summed E-state index contributed by atoms with van der Waals surface area (Å²) >= 11 is 0. The Morgan fingerprint density at radius 2 is 1.74 bits per heavy atom. The second-order valence-electron chi connectivity index (χ2n) is 7.49. The molecule has 1 N–H and O–H groups in total. The number of nitrogens with zero attached hydrogens (tertiary/aromatic N) is 1. The molecule has 0 unspecified atom stereocenters. The lowest BCUT2D eigenvalue weighted by atomic mass is 10.0. The summed E-state index contributed by atoms with van der Waals surface area (Å²) in [6.07, 6.45) is 3.19. The number of sulfonamides is 1. The van der Waals surface area contributed by atoms with E-state index in [4.69, 9.17) is 4.74 Å². The number of hydrogen-bond donors (Lipinski definition) is 1. The molecule has 1 aliphatic heterocycles. The fraction of sp³-hybridized carbons (Fsp3) is 0.391. The molecule has 0 bridgehead atoms. The predicted molar refractivity (Wildman–Crippen MR) is 119 cm³/mol. The van der Waals surface area contributed by atoms with Gasteiger partial charge in [-0.3, -0.25) is 9.10 Å². The van der Waals surface area contributed by atoms with Gasteiger partial charge in [0.25, 0.3) is 15.9 Å². The van der Waals surface area contributed by atoms with Crippen molar-refractivity contribution >= 4 is 27.6 Å². The third kappa shape index (κ3) is 5.25. The Hall–Kier alpha value is -2.87. The number of rotatable bonds is 8. The molecule has 0 saturated carbocycles. The lowest BCUT2D eigenvalue weighted by molar-refractivity contribution is -0.125. The molecule has 0 spiro atoms. The van der Waals surface area contributed by atoms with Crippen LogP contribution in [0.25, 0.3) is 0 Å². The number of benzene rings is 2. The second kappa shape index (κ2) is 9.96. The van der Waals surface area contributed by atoms with Gasteiger partial charge in [-0.15, -0.1) is 0 Å². The first-order valence-electron chi connectivity index (χ1n) is 10.5. The molecule has 2 aromatic rings. The highest BCUT2D eigenvalue weighted by Crippen LogP contribution is 2.31. The number of nitrogens with one attached hydrogen (secondary N) is 1. The number of esters is 1. The summed E-state index contributed by atoms with van der Waals surface area (Å²) in [5.74, 6) is -1.03. The maximum atomic E-state index is 13.2. The van der Waals surface area contributed by atoms with E-state index in [1.54, 1.807) is 0 Å². The fourth-order valence-corrected chi connectivity index (χ4v) is 5.16. The van der Waals surface area contributed by atoms with Crippen molar-refractivity contribution in [1.82, 2.24) is 5.32 Å². The van der Waals surface area contributed by atoms with Crippen molar-refractivity contribution in [2.45, 2.75) is 50.5 Å². The van der Waals surface area contributed by atoms with Gasteiger partial charge in [0.15, 0.2) is 6.61 Å². The molecule has 1 heterocycles. The van der Waals surface area contributed by atoms with E-state index in [1.807, 2.05) is 38.1 Å². The lowest BCUT2D eigenvalue weighted by Crippen LogP contribution is -2.36. The fourth-order valence-electron chi connectivity index (χ4n) is 3.62. The molecule has 2 aromatic carbocycles. The first-order chi connectivity index (χ1) is 14.9. The van der Waals surface area contributed by atoms with Crippen molar-refractivity contribution in [3.05, 3.63) is 59.7 Å². The number of carbonyl (C=O) groups is 2. The van der Waals surface area contributed by atoms with Gasteiger partial charge >= 0.3 is 5.97 Å². The number of aryl methyl sites for hydroxylation is 1. The molecule has 3 rings (SSSR count). The van der Waals surface area contributed by atoms with Crippen LogP contribution in [0.4, 0.5) is 5.69 Å². The molecule has 8 heteroatoms. The second-order valence-corrected chi connectivity index (χ2v) is 9.35. The molecule has 0 saturated heterocycles. The van der Waals surface area contributed by atoms with E-state index in [0.29, 0.717) is 12.2 Å². The third-order valence-corrected chi connectivity index (χ3v) is 7.26. The van der Waals surface area contributed by atoms with E-state index in [0.717, 1.165) is 31.2 Å². The topological polar surface area (TPSA) is 92.8 Å². The Morgan fingerprint density at radius 1 is 1.06 bits per heavy atom. The zero-order valence-electron chi connectivity index (χ0n) is 17.8. The number of ether oxygens (including phenoxy) is 1. The quantitative estimate of drug-likeness (QED) is 0.631. The van der Waals surface area contributed by atoms with Gasteiger partial charge in [0.2, 0.25) is 0 Å². The minimum atomic E-state index is -3.75. The molecule has 7 nitrogen and oxygen atoms in total. The summed E-state index contributed by atoms with van der Waals surface area (Å²) < 4.78 is 32.8. The highest BCUT2D eigenvalue weighted by Gasteiger charge is 2.29. The number of amides is 1. The van der Waals surface area contributed by atoms with Crippen LogP contribution in [-0.4, -0.2) is 39.5 Å². The van der Waals surface area contributed by atoms with Crippen LogP contribution in [0, 0.1) is 0 Å². The average molecular weight is 445 g/mol. The van der Waals surface area contributed by atoms with Gasteiger partial charge < -0.3 is 10.1 Å². The van der Waals surface area contributed by atoms with Crippen LogP contribution < -0.4 is 9.62 Å². The van der Waals surface area contributed by atoms with Gasteiger partial charge in [-0.25, -0.2) is 13.2 Å². The number of anilines is 1. The summed E-state index contributed by atoms with van der Waals surface area (Å²) in [6.45, 7) is 3.98. The minimum Gasteiger partial charge on any atom is -0.452 e. The molecular weight excluding hydrogens is 416 g/mol. The molecule has 0 atom stereocenters. The van der Waals surface area contributed by atoms with Crippen LogP contribution in [0.1, 0.15) is 49.0 Å². The predicted octanol–water partition coefficient (Wildman–Crippen LogP) is 3.29. The van der Waals surface area contributed by atoms with Crippen molar-refractivity contribution < 1.29 is 22.7 Å². The smallest absolute Gasteiger partial charge is 0.338 e. The number of fused-ring (bicyclic) bond motifs is 1. The summed E-state index contributed by atoms with van der Waals surface area (Å²) in [5, 5.41) is 2.80. The van der Waals surface area contributed by atoms with E-state index in [9.17, 15) is 18.0 Å². The summed E-state index contributed by atoms with van der Waals surface area (Å²) in [4.78, 5) is 24.2. The molecule has 166 valence electrons. The van der Waals surface area contributed by atoms with Crippen LogP contribution in [0.5, 0.6) is 0 Å². The molecule has 31 heavy (non-hydrogen) atoms. The van der Waals surface area contributed by atoms with Crippen LogP contribution in [0.15, 0.2) is 53.4 Å². The highest BCUT2D eigenvalue weighted by atomic mass is 32.2. The van der Waals surface area contributed by atoms with E-state index in [-0.39, 0.29) is 29.0 Å². The SMILES string of the molecule is CCC(CC)NC(=O)COC(=O)c1ccc(S(=O)(=O)N2CCCc3ccccc32)cc1. The Balaban J connectivity index is 1.67. The number of para-hydroxylation sites is 1. The van der Waals surface area contributed by atoms with Gasteiger partial charge in [0.1, 0.15) is 0 Å². The normalized spacial score (nSPS) is 13.6. The van der Waals surface area contributed by atoms with E-state index >= 15 is 0 Å². The van der Waals surface area contributed by atoms with Gasteiger partial charge in [0, 0.05) is 12.6 Å². The molecule has 0 aromatic heterocycles. The number of hydrogen-bond acceptors (Lipinski definition) is 5. The highest BCUT2D eigenvalue weighted by molar-refractivity contribution is 7.92. The van der Waals surface area contributed by atoms with Crippen molar-refractivity contribution in [3.8, 4) is 0 Å². The maximum absolute atomic E-state index is 13.2. The van der Waals surface area contributed by atoms with E-state index in [2.05, 4.69) is 5.32 Å². The third-order valence-electron chi connectivity index (χ3n) is 5.43. The van der Waals surface area contributed by atoms with Crippen molar-refractivity contribution in [3.63, 3.8) is 0 Å². The standard InChI is InChI=1S/C23H28N2O5S/c1-3-19(4-2)24-22(26)16-30-23(27)18-11-13-20(14-12-18)31(28,29)25-15-7-9-17-8-5-6-10-21(17)25/h5-6,8,10-14,19H,3-4,7,9,15-16H2,1-2H3,(H,24,26). The molecular formula is C23H28N2O5S. The van der Waals surface area contributed by atoms with Crippen LogP contribution >= 0.6 is 0 Å². The van der Waals surface area contributed by atoms with Crippen molar-refractivity contribution in [2.75, 3.05) is 17.5 Å². The molecule has 0 fully saturated rings. The summed E-state index contributed by atoms with van der Waals surface area (Å²) in [6, 6.07) is 13.1. The van der Waals surface area contributed by atoms with Crippen LogP contribution in [0.3, 0.4) is 0 Å². The minimum absolute atomic E-state index is 0.0515. The first kappa shape index (κ1) is 22.8. The molecule has 0 radical (unpaired) electrons. The Labute approximate surface area is 183 Å². The molecule has 0 aliphatic carbocycles. The maximum Gasteiger partial charge on any atom is 0.338 e. The van der Waals surface area contributed by atoms with Gasteiger partial charge in [-0.05, 0) is 61.6 Å².